The van der Waals surface area contributed by atoms with Gasteiger partial charge in [-0.2, -0.15) is 0 Å². The van der Waals surface area contributed by atoms with Crippen molar-refractivity contribution < 1.29 is 13.2 Å². The molecule has 0 spiro atoms. The van der Waals surface area contributed by atoms with Crippen molar-refractivity contribution in [2.24, 2.45) is 0 Å². The van der Waals surface area contributed by atoms with Gasteiger partial charge in [0.25, 0.3) is 0 Å². The highest BCUT2D eigenvalue weighted by Gasteiger charge is 2.29. The topological polar surface area (TPSA) is 84.3 Å². The summed E-state index contributed by atoms with van der Waals surface area (Å²) in [5.41, 5.74) is 2.09. The van der Waals surface area contributed by atoms with Crippen molar-refractivity contribution in [1.82, 2.24) is 14.9 Å². The summed E-state index contributed by atoms with van der Waals surface area (Å²) >= 11 is 6.00. The molecule has 7 nitrogen and oxygen atoms in total. The zero-order valence-electron chi connectivity index (χ0n) is 16.0. The first kappa shape index (κ1) is 20.9. The number of amides is 1. The number of imidazole rings is 1. The minimum absolute atomic E-state index is 0.241. The molecule has 1 amide bonds. The number of rotatable bonds is 7. The van der Waals surface area contributed by atoms with E-state index >= 15 is 0 Å². The van der Waals surface area contributed by atoms with Crippen LogP contribution >= 0.6 is 11.6 Å². The van der Waals surface area contributed by atoms with E-state index in [4.69, 9.17) is 11.6 Å². The first-order chi connectivity index (χ1) is 13.8. The molecular formula is C20H21ClN4O3S. The number of para-hydroxylation sites is 1. The third-order valence-electron chi connectivity index (χ3n) is 4.38. The number of halogens is 1. The van der Waals surface area contributed by atoms with E-state index in [9.17, 15) is 13.2 Å². The van der Waals surface area contributed by atoms with E-state index in [0.29, 0.717) is 10.7 Å². The molecule has 3 aromatic rings. The van der Waals surface area contributed by atoms with Crippen LogP contribution in [-0.4, -0.2) is 36.2 Å². The number of benzene rings is 2. The number of aromatic nitrogens is 2. The lowest BCUT2D eigenvalue weighted by Gasteiger charge is -2.28. The molecule has 1 heterocycles. The Morgan fingerprint density at radius 1 is 1.24 bits per heavy atom. The highest BCUT2D eigenvalue weighted by molar-refractivity contribution is 7.92. The number of nitrogens with zero attached hydrogens (tertiary/aromatic N) is 3. The number of hydrogen-bond donors (Lipinski definition) is 1. The summed E-state index contributed by atoms with van der Waals surface area (Å²) in [6.07, 6.45) is 6.22. The molecule has 2 aromatic carbocycles. The van der Waals surface area contributed by atoms with Gasteiger partial charge in [0.15, 0.2) is 0 Å². The lowest BCUT2D eigenvalue weighted by Crippen LogP contribution is -2.47. The Morgan fingerprint density at radius 3 is 2.66 bits per heavy atom. The molecule has 3 rings (SSSR count). The van der Waals surface area contributed by atoms with E-state index < -0.39 is 22.0 Å². The zero-order valence-corrected chi connectivity index (χ0v) is 17.6. The molecule has 0 aliphatic carbocycles. The second-order valence-corrected chi connectivity index (χ2v) is 8.83. The summed E-state index contributed by atoms with van der Waals surface area (Å²) in [7, 11) is -3.70. The molecule has 0 aliphatic heterocycles. The summed E-state index contributed by atoms with van der Waals surface area (Å²) in [5, 5.41) is 3.21. The Morgan fingerprint density at radius 2 is 2.00 bits per heavy atom. The third kappa shape index (κ3) is 4.96. The molecular weight excluding hydrogens is 412 g/mol. The van der Waals surface area contributed by atoms with Crippen LogP contribution in [0.1, 0.15) is 12.5 Å². The predicted octanol–water partition coefficient (Wildman–Crippen LogP) is 3.00. The molecule has 9 heteroatoms. The number of nitrogens with one attached hydrogen (secondary N) is 1. The van der Waals surface area contributed by atoms with Crippen LogP contribution in [0.15, 0.2) is 67.3 Å². The molecule has 0 saturated heterocycles. The molecule has 152 valence electrons. The molecule has 0 radical (unpaired) electrons. The fourth-order valence-electron chi connectivity index (χ4n) is 3.07. The maximum Gasteiger partial charge on any atom is 0.243 e. The van der Waals surface area contributed by atoms with E-state index in [1.54, 1.807) is 37.6 Å². The van der Waals surface area contributed by atoms with E-state index in [0.717, 1.165) is 21.8 Å². The Bertz CT molecular complexity index is 1100. The normalized spacial score (nSPS) is 12.4. The molecule has 0 fully saturated rings. The number of anilines is 1. The maximum atomic E-state index is 12.8. The van der Waals surface area contributed by atoms with Gasteiger partial charge in [-0.3, -0.25) is 9.10 Å². The van der Waals surface area contributed by atoms with Crippen molar-refractivity contribution in [2.75, 3.05) is 10.6 Å². The third-order valence-corrected chi connectivity index (χ3v) is 5.86. The summed E-state index contributed by atoms with van der Waals surface area (Å²) in [6.45, 7) is 1.78. The van der Waals surface area contributed by atoms with Crippen LogP contribution in [0.2, 0.25) is 5.02 Å². The molecule has 1 atom stereocenters. The second kappa shape index (κ2) is 8.67. The van der Waals surface area contributed by atoms with Gasteiger partial charge in [-0.15, -0.1) is 0 Å². The van der Waals surface area contributed by atoms with E-state index in [-0.39, 0.29) is 6.54 Å². The Hall–Kier alpha value is -2.84. The fourth-order valence-corrected chi connectivity index (χ4v) is 4.42. The van der Waals surface area contributed by atoms with Crippen molar-refractivity contribution in [3.05, 3.63) is 77.8 Å². The van der Waals surface area contributed by atoms with Crippen LogP contribution < -0.4 is 9.62 Å². The van der Waals surface area contributed by atoms with E-state index in [1.807, 2.05) is 35.0 Å². The highest BCUT2D eigenvalue weighted by atomic mass is 35.5. The lowest BCUT2D eigenvalue weighted by molar-refractivity contribution is -0.122. The van der Waals surface area contributed by atoms with E-state index in [1.165, 1.54) is 6.07 Å². The van der Waals surface area contributed by atoms with Crippen LogP contribution in [0.25, 0.3) is 5.69 Å². The minimum atomic E-state index is -3.70. The van der Waals surface area contributed by atoms with Gasteiger partial charge in [-0.25, -0.2) is 13.4 Å². The average Bonchev–Trinajstić information content (AvgIpc) is 3.20. The minimum Gasteiger partial charge on any atom is -0.350 e. The van der Waals surface area contributed by atoms with Crippen LogP contribution in [0.3, 0.4) is 0 Å². The smallest absolute Gasteiger partial charge is 0.243 e. The molecule has 29 heavy (non-hydrogen) atoms. The maximum absolute atomic E-state index is 12.8. The molecule has 0 aliphatic rings. The van der Waals surface area contributed by atoms with Crippen molar-refractivity contribution in [1.29, 1.82) is 0 Å². The largest absolute Gasteiger partial charge is 0.350 e. The zero-order chi connectivity index (χ0) is 21.0. The fraction of sp³-hybridized carbons (Fsp3) is 0.200. The summed E-state index contributed by atoms with van der Waals surface area (Å²) in [5.74, 6) is -0.421. The molecule has 0 bridgehead atoms. The predicted molar refractivity (Wildman–Crippen MR) is 114 cm³/mol. The quantitative estimate of drug-likeness (QED) is 0.622. The number of carbonyl (C=O) groups is 1. The van der Waals surface area contributed by atoms with Gasteiger partial charge in [0, 0.05) is 24.0 Å². The van der Waals surface area contributed by atoms with Gasteiger partial charge in [0.05, 0.1) is 24.0 Å². The number of hydrogen-bond acceptors (Lipinski definition) is 4. The van der Waals surface area contributed by atoms with Crippen molar-refractivity contribution in [3.63, 3.8) is 0 Å². The summed E-state index contributed by atoms with van der Waals surface area (Å²) in [4.78, 5) is 16.8. The Balaban J connectivity index is 1.80. The van der Waals surface area contributed by atoms with Gasteiger partial charge in [-0.1, -0.05) is 35.9 Å². The van der Waals surface area contributed by atoms with Crippen molar-refractivity contribution >= 4 is 33.2 Å². The van der Waals surface area contributed by atoms with Crippen LogP contribution in [0.4, 0.5) is 5.69 Å². The number of sulfonamides is 1. The highest BCUT2D eigenvalue weighted by Crippen LogP contribution is 2.24. The van der Waals surface area contributed by atoms with Crippen LogP contribution in [-0.2, 0) is 21.4 Å². The van der Waals surface area contributed by atoms with Crippen LogP contribution in [0.5, 0.6) is 0 Å². The molecule has 1 aromatic heterocycles. The second-order valence-electron chi connectivity index (χ2n) is 6.53. The van der Waals surface area contributed by atoms with Gasteiger partial charge >= 0.3 is 0 Å². The average molecular weight is 433 g/mol. The Labute approximate surface area is 175 Å². The first-order valence-corrected chi connectivity index (χ1v) is 11.1. The molecule has 0 saturated carbocycles. The SMILES string of the molecule is C[C@@H](C(=O)NCc1ccccc1-n1ccnc1)N(c1cccc(Cl)c1)S(C)(=O)=O. The lowest BCUT2D eigenvalue weighted by atomic mass is 10.1. The molecule has 0 unspecified atom stereocenters. The van der Waals surface area contributed by atoms with Gasteiger partial charge < -0.3 is 9.88 Å². The molecule has 1 N–H and O–H groups in total. The number of carbonyl (C=O) groups excluding carboxylic acids is 1. The monoisotopic (exact) mass is 432 g/mol. The van der Waals surface area contributed by atoms with Crippen molar-refractivity contribution in [3.8, 4) is 5.69 Å². The Kier molecular flexibility index (Phi) is 6.24. The van der Waals surface area contributed by atoms with Crippen LogP contribution in [0, 0.1) is 0 Å². The van der Waals surface area contributed by atoms with Crippen molar-refractivity contribution in [2.45, 2.75) is 19.5 Å². The van der Waals surface area contributed by atoms with Gasteiger partial charge in [0.1, 0.15) is 6.04 Å². The van der Waals surface area contributed by atoms with Gasteiger partial charge in [-0.05, 0) is 36.8 Å². The summed E-state index contributed by atoms with van der Waals surface area (Å²) < 4.78 is 27.6. The first-order valence-electron chi connectivity index (χ1n) is 8.86. The van der Waals surface area contributed by atoms with E-state index in [2.05, 4.69) is 10.3 Å². The standard InChI is InChI=1S/C20H21ClN4O3S/c1-15(25(29(2,27)28)18-8-5-7-17(21)12-18)20(26)23-13-16-6-3-4-9-19(16)24-11-10-22-14-24/h3-12,14-15H,13H2,1-2H3,(H,23,26)/t15-/m0/s1. The summed E-state index contributed by atoms with van der Waals surface area (Å²) in [6, 6.07) is 13.0. The van der Waals surface area contributed by atoms with Gasteiger partial charge in [0.2, 0.25) is 15.9 Å².